The van der Waals surface area contributed by atoms with E-state index in [0.717, 1.165) is 31.5 Å². The summed E-state index contributed by atoms with van der Waals surface area (Å²) in [5.74, 6) is -0.212. The number of alkyl carbamates (subject to hydrolysis) is 1. The Balaban J connectivity index is 1.88. The first-order valence-electron chi connectivity index (χ1n) is 8.29. The Morgan fingerprint density at radius 1 is 1.30 bits per heavy atom. The van der Waals surface area contributed by atoms with Gasteiger partial charge in [0.05, 0.1) is 0 Å². The number of halogens is 1. The highest BCUT2D eigenvalue weighted by Crippen LogP contribution is 2.19. The van der Waals surface area contributed by atoms with Gasteiger partial charge in [0.2, 0.25) is 0 Å². The van der Waals surface area contributed by atoms with E-state index in [9.17, 15) is 9.18 Å². The molecule has 1 aliphatic rings. The predicted molar refractivity (Wildman–Crippen MR) is 88.7 cm³/mol. The molecule has 1 amide bonds. The molecule has 4 nitrogen and oxygen atoms in total. The van der Waals surface area contributed by atoms with Crippen molar-refractivity contribution in [1.29, 1.82) is 0 Å². The topological polar surface area (TPSA) is 41.6 Å². The Hall–Kier alpha value is -1.62. The van der Waals surface area contributed by atoms with E-state index in [1.165, 1.54) is 18.6 Å². The van der Waals surface area contributed by atoms with E-state index >= 15 is 0 Å². The summed E-state index contributed by atoms with van der Waals surface area (Å²) in [5, 5.41) is 2.87. The number of amides is 1. The zero-order valence-electron chi connectivity index (χ0n) is 14.3. The van der Waals surface area contributed by atoms with Crippen LogP contribution in [0.4, 0.5) is 9.18 Å². The standard InChI is InChI=1S/C18H27FN2O2/c1-18(2,3)23-17(22)20-12-16-6-4-5-11-21(16)13-14-7-9-15(19)10-8-14/h7-10,16H,4-6,11-13H2,1-3H3,(H,20,22)/t16-/m0/s1. The molecule has 1 aromatic carbocycles. The number of hydrogen-bond donors (Lipinski definition) is 1. The molecule has 0 unspecified atom stereocenters. The molecule has 1 aliphatic heterocycles. The van der Waals surface area contributed by atoms with Crippen molar-refractivity contribution in [2.45, 2.75) is 58.2 Å². The molecular weight excluding hydrogens is 295 g/mol. The molecule has 2 rings (SSSR count). The van der Waals surface area contributed by atoms with Gasteiger partial charge in [0.15, 0.2) is 0 Å². The lowest BCUT2D eigenvalue weighted by Crippen LogP contribution is -2.47. The van der Waals surface area contributed by atoms with E-state index in [4.69, 9.17) is 4.74 Å². The first-order valence-corrected chi connectivity index (χ1v) is 8.29. The minimum Gasteiger partial charge on any atom is -0.444 e. The van der Waals surface area contributed by atoms with Crippen molar-refractivity contribution in [2.75, 3.05) is 13.1 Å². The molecule has 1 N–H and O–H groups in total. The van der Waals surface area contributed by atoms with Crippen LogP contribution in [0.15, 0.2) is 24.3 Å². The lowest BCUT2D eigenvalue weighted by atomic mass is 10.0. The fraction of sp³-hybridized carbons (Fsp3) is 0.611. The zero-order valence-corrected chi connectivity index (χ0v) is 14.3. The molecule has 128 valence electrons. The number of nitrogens with one attached hydrogen (secondary N) is 1. The van der Waals surface area contributed by atoms with E-state index in [-0.39, 0.29) is 11.9 Å². The molecule has 0 spiro atoms. The number of likely N-dealkylation sites (tertiary alicyclic amines) is 1. The fourth-order valence-corrected chi connectivity index (χ4v) is 2.84. The number of rotatable bonds is 4. The van der Waals surface area contributed by atoms with Gasteiger partial charge in [0.25, 0.3) is 0 Å². The van der Waals surface area contributed by atoms with E-state index in [2.05, 4.69) is 10.2 Å². The highest BCUT2D eigenvalue weighted by Gasteiger charge is 2.24. The van der Waals surface area contributed by atoms with E-state index < -0.39 is 5.60 Å². The maximum Gasteiger partial charge on any atom is 0.407 e. The average molecular weight is 322 g/mol. The van der Waals surface area contributed by atoms with Gasteiger partial charge >= 0.3 is 6.09 Å². The molecule has 0 aromatic heterocycles. The summed E-state index contributed by atoms with van der Waals surface area (Å²) in [5.41, 5.74) is 0.611. The molecule has 1 atom stereocenters. The first kappa shape index (κ1) is 17.7. The SMILES string of the molecule is CC(C)(C)OC(=O)NC[C@@H]1CCCCN1Cc1ccc(F)cc1. The third-order valence-corrected chi connectivity index (χ3v) is 3.93. The third kappa shape index (κ3) is 6.18. The van der Waals surface area contributed by atoms with Gasteiger partial charge in [-0.05, 0) is 57.9 Å². The van der Waals surface area contributed by atoms with Gasteiger partial charge in [0, 0.05) is 19.1 Å². The molecule has 0 radical (unpaired) electrons. The lowest BCUT2D eigenvalue weighted by molar-refractivity contribution is 0.0492. The molecule has 0 aliphatic carbocycles. The van der Waals surface area contributed by atoms with Gasteiger partial charge in [-0.15, -0.1) is 0 Å². The Labute approximate surface area is 138 Å². The summed E-state index contributed by atoms with van der Waals surface area (Å²) in [7, 11) is 0. The van der Waals surface area contributed by atoms with Crippen LogP contribution >= 0.6 is 0 Å². The van der Waals surface area contributed by atoms with Crippen LogP contribution in [0.25, 0.3) is 0 Å². The van der Waals surface area contributed by atoms with E-state index in [1.807, 2.05) is 32.9 Å². The average Bonchev–Trinajstić information content (AvgIpc) is 2.47. The highest BCUT2D eigenvalue weighted by molar-refractivity contribution is 5.67. The molecule has 1 heterocycles. The minimum absolute atomic E-state index is 0.212. The monoisotopic (exact) mass is 322 g/mol. The number of piperidine rings is 1. The second kappa shape index (κ2) is 7.77. The molecule has 1 aromatic rings. The Morgan fingerprint density at radius 2 is 2.00 bits per heavy atom. The Bertz CT molecular complexity index is 511. The molecule has 5 heteroatoms. The fourth-order valence-electron chi connectivity index (χ4n) is 2.84. The van der Waals surface area contributed by atoms with Crippen LogP contribution in [-0.2, 0) is 11.3 Å². The second-order valence-corrected chi connectivity index (χ2v) is 7.13. The number of benzene rings is 1. The molecule has 0 bridgehead atoms. The summed E-state index contributed by atoms with van der Waals surface area (Å²) in [4.78, 5) is 14.2. The van der Waals surface area contributed by atoms with Crippen LogP contribution in [0, 0.1) is 5.82 Å². The van der Waals surface area contributed by atoms with Crippen LogP contribution in [0.1, 0.15) is 45.6 Å². The lowest BCUT2D eigenvalue weighted by Gasteiger charge is -2.36. The van der Waals surface area contributed by atoms with Crippen molar-refractivity contribution in [1.82, 2.24) is 10.2 Å². The summed E-state index contributed by atoms with van der Waals surface area (Å²) < 4.78 is 18.3. The van der Waals surface area contributed by atoms with Crippen molar-refractivity contribution in [3.05, 3.63) is 35.6 Å². The smallest absolute Gasteiger partial charge is 0.407 e. The summed E-state index contributed by atoms with van der Waals surface area (Å²) in [6.45, 7) is 7.92. The Morgan fingerprint density at radius 3 is 2.65 bits per heavy atom. The van der Waals surface area contributed by atoms with Crippen LogP contribution in [-0.4, -0.2) is 35.7 Å². The quantitative estimate of drug-likeness (QED) is 0.919. The molecular formula is C18H27FN2O2. The largest absolute Gasteiger partial charge is 0.444 e. The van der Waals surface area contributed by atoms with Gasteiger partial charge < -0.3 is 10.1 Å². The van der Waals surface area contributed by atoms with Crippen molar-refractivity contribution >= 4 is 6.09 Å². The summed E-state index contributed by atoms with van der Waals surface area (Å²) in [6.07, 6.45) is 3.01. The molecule has 0 saturated carbocycles. The Kier molecular flexibility index (Phi) is 5.99. The van der Waals surface area contributed by atoms with E-state index in [0.29, 0.717) is 12.6 Å². The summed E-state index contributed by atoms with van der Waals surface area (Å²) in [6, 6.07) is 6.92. The predicted octanol–water partition coefficient (Wildman–Crippen LogP) is 3.70. The van der Waals surface area contributed by atoms with Gasteiger partial charge in [0.1, 0.15) is 11.4 Å². The number of carbonyl (C=O) groups is 1. The van der Waals surface area contributed by atoms with Gasteiger partial charge in [-0.25, -0.2) is 9.18 Å². The zero-order chi connectivity index (χ0) is 16.9. The van der Waals surface area contributed by atoms with Crippen molar-refractivity contribution in [2.24, 2.45) is 0 Å². The van der Waals surface area contributed by atoms with Crippen LogP contribution in [0.5, 0.6) is 0 Å². The number of carbonyl (C=O) groups excluding carboxylic acids is 1. The van der Waals surface area contributed by atoms with Crippen molar-refractivity contribution in [3.63, 3.8) is 0 Å². The normalized spacial score (nSPS) is 19.4. The van der Waals surface area contributed by atoms with Gasteiger partial charge in [-0.1, -0.05) is 18.6 Å². The first-order chi connectivity index (χ1) is 10.8. The number of ether oxygens (including phenoxy) is 1. The maximum absolute atomic E-state index is 13.0. The molecule has 23 heavy (non-hydrogen) atoms. The molecule has 1 saturated heterocycles. The van der Waals surface area contributed by atoms with Crippen molar-refractivity contribution < 1.29 is 13.9 Å². The maximum atomic E-state index is 13.0. The van der Waals surface area contributed by atoms with Crippen LogP contribution < -0.4 is 5.32 Å². The van der Waals surface area contributed by atoms with Crippen molar-refractivity contribution in [3.8, 4) is 0 Å². The van der Waals surface area contributed by atoms with Crippen LogP contribution in [0.2, 0.25) is 0 Å². The number of hydrogen-bond acceptors (Lipinski definition) is 3. The highest BCUT2D eigenvalue weighted by atomic mass is 19.1. The second-order valence-electron chi connectivity index (χ2n) is 7.13. The third-order valence-electron chi connectivity index (χ3n) is 3.93. The molecule has 1 fully saturated rings. The summed E-state index contributed by atoms with van der Waals surface area (Å²) >= 11 is 0. The van der Waals surface area contributed by atoms with Gasteiger partial charge in [-0.3, -0.25) is 4.90 Å². The van der Waals surface area contributed by atoms with Crippen LogP contribution in [0.3, 0.4) is 0 Å². The number of nitrogens with zero attached hydrogens (tertiary/aromatic N) is 1. The van der Waals surface area contributed by atoms with Gasteiger partial charge in [-0.2, -0.15) is 0 Å². The van der Waals surface area contributed by atoms with E-state index in [1.54, 1.807) is 0 Å². The minimum atomic E-state index is -0.482.